The highest BCUT2D eigenvalue weighted by Gasteiger charge is 2.20. The Bertz CT molecular complexity index is 906. The van der Waals surface area contributed by atoms with Gasteiger partial charge in [-0.25, -0.2) is 4.79 Å². The number of amides is 4. The Hall–Kier alpha value is -3.34. The third-order valence-corrected chi connectivity index (χ3v) is 6.76. The van der Waals surface area contributed by atoms with E-state index in [9.17, 15) is 33.9 Å². The average Bonchev–Trinajstić information content (AvgIpc) is 3.04. The van der Waals surface area contributed by atoms with Crippen LogP contribution in [0, 0.1) is 0 Å². The van der Waals surface area contributed by atoms with E-state index in [2.05, 4.69) is 21.3 Å². The molecule has 0 radical (unpaired) electrons. The number of unbranched alkanes of at least 4 members (excludes halogenated alkanes) is 7. The molecule has 0 fully saturated rings. The summed E-state index contributed by atoms with van der Waals surface area (Å²) < 4.78 is 21.1. The van der Waals surface area contributed by atoms with Gasteiger partial charge in [0.1, 0.15) is 19.3 Å². The van der Waals surface area contributed by atoms with Gasteiger partial charge in [0, 0.05) is 38.9 Å². The third kappa shape index (κ3) is 31.3. The summed E-state index contributed by atoms with van der Waals surface area (Å²) >= 11 is 0. The van der Waals surface area contributed by atoms with Crippen LogP contribution in [0.25, 0.3) is 0 Å². The van der Waals surface area contributed by atoms with Crippen LogP contribution in [0.1, 0.15) is 90.4 Å². The largest absolute Gasteiger partial charge is 0.481 e. The standard InChI is InChI=1S/C32H58N4O12/c1-2-15-33-29(39)24-47-22-21-46-19-17-35-30(40)25-48-23-20-45-18-16-34-27(37)14-13-26(32(43)44)36-28(38)11-9-7-5-3-4-6-8-10-12-31(41)42/h26H,2-25H2,1H3,(H,33,39)(H,34,37)(H,35,40)(H,36,38)(H,41,42)(H,43,44)/t26-/m0/s1. The SMILES string of the molecule is CCCNC(=O)COCCOCCNC(=O)COCCOCCNC(=O)CC[C@H](NC(=O)CCCCCCCCCCC(=O)O)C(=O)O. The highest BCUT2D eigenvalue weighted by Crippen LogP contribution is 2.11. The Balaban J connectivity index is 3.69. The zero-order chi connectivity index (χ0) is 35.7. The summed E-state index contributed by atoms with van der Waals surface area (Å²) in [4.78, 5) is 69.4. The van der Waals surface area contributed by atoms with Crippen molar-refractivity contribution in [1.82, 2.24) is 21.3 Å². The Morgan fingerprint density at radius 2 is 0.979 bits per heavy atom. The van der Waals surface area contributed by atoms with E-state index in [0.717, 1.165) is 44.9 Å². The van der Waals surface area contributed by atoms with E-state index < -0.39 is 18.0 Å². The number of hydrogen-bond acceptors (Lipinski definition) is 10. The van der Waals surface area contributed by atoms with Gasteiger partial charge in [-0.3, -0.25) is 24.0 Å². The number of hydrogen-bond donors (Lipinski definition) is 6. The number of carbonyl (C=O) groups excluding carboxylic acids is 4. The molecule has 6 N–H and O–H groups in total. The van der Waals surface area contributed by atoms with E-state index in [4.69, 9.17) is 24.1 Å². The van der Waals surface area contributed by atoms with E-state index in [-0.39, 0.29) is 95.5 Å². The molecule has 0 spiro atoms. The number of ether oxygens (including phenoxy) is 4. The van der Waals surface area contributed by atoms with Gasteiger partial charge in [-0.05, 0) is 25.7 Å². The maximum Gasteiger partial charge on any atom is 0.326 e. The minimum absolute atomic E-state index is 0.0155. The lowest BCUT2D eigenvalue weighted by atomic mass is 10.1. The molecule has 1 atom stereocenters. The van der Waals surface area contributed by atoms with Crippen LogP contribution in [-0.2, 0) is 47.7 Å². The van der Waals surface area contributed by atoms with Crippen molar-refractivity contribution in [3.63, 3.8) is 0 Å². The van der Waals surface area contributed by atoms with Crippen LogP contribution < -0.4 is 21.3 Å². The van der Waals surface area contributed by atoms with Gasteiger partial charge in [0.15, 0.2) is 0 Å². The van der Waals surface area contributed by atoms with Crippen molar-refractivity contribution >= 4 is 35.6 Å². The van der Waals surface area contributed by atoms with E-state index in [0.29, 0.717) is 39.1 Å². The van der Waals surface area contributed by atoms with Gasteiger partial charge in [-0.2, -0.15) is 0 Å². The third-order valence-electron chi connectivity index (χ3n) is 6.76. The molecule has 0 aliphatic heterocycles. The van der Waals surface area contributed by atoms with E-state index in [1.54, 1.807) is 0 Å². The first kappa shape index (κ1) is 44.7. The van der Waals surface area contributed by atoms with Crippen molar-refractivity contribution in [2.75, 3.05) is 72.5 Å². The topological polar surface area (TPSA) is 228 Å². The fraction of sp³-hybridized carbons (Fsp3) is 0.812. The monoisotopic (exact) mass is 690 g/mol. The lowest BCUT2D eigenvalue weighted by Crippen LogP contribution is -2.41. The fourth-order valence-electron chi connectivity index (χ4n) is 4.17. The van der Waals surface area contributed by atoms with Gasteiger partial charge < -0.3 is 50.4 Å². The number of nitrogens with one attached hydrogen (secondary N) is 4. The summed E-state index contributed by atoms with van der Waals surface area (Å²) in [5.74, 6) is -3.16. The van der Waals surface area contributed by atoms with Crippen molar-refractivity contribution < 1.29 is 57.9 Å². The molecule has 0 aromatic heterocycles. The minimum Gasteiger partial charge on any atom is -0.481 e. The van der Waals surface area contributed by atoms with Crippen LogP contribution in [0.15, 0.2) is 0 Å². The smallest absolute Gasteiger partial charge is 0.326 e. The lowest BCUT2D eigenvalue weighted by Gasteiger charge is -2.14. The number of carboxylic acids is 2. The van der Waals surface area contributed by atoms with Crippen LogP contribution in [0.4, 0.5) is 0 Å². The maximum absolute atomic E-state index is 12.2. The zero-order valence-corrected chi connectivity index (χ0v) is 28.5. The molecule has 0 aliphatic rings. The van der Waals surface area contributed by atoms with Gasteiger partial charge in [-0.15, -0.1) is 0 Å². The molecule has 278 valence electrons. The summed E-state index contributed by atoms with van der Waals surface area (Å²) in [7, 11) is 0. The van der Waals surface area contributed by atoms with Gasteiger partial charge in [0.05, 0.1) is 39.6 Å². The normalized spacial score (nSPS) is 11.4. The van der Waals surface area contributed by atoms with Crippen molar-refractivity contribution in [1.29, 1.82) is 0 Å². The molecule has 16 heteroatoms. The van der Waals surface area contributed by atoms with Crippen LogP contribution in [0.3, 0.4) is 0 Å². The Labute approximate surface area is 283 Å². The second kappa shape index (κ2) is 32.2. The molecule has 0 unspecified atom stereocenters. The summed E-state index contributed by atoms with van der Waals surface area (Å²) in [6, 6.07) is -1.15. The van der Waals surface area contributed by atoms with Crippen LogP contribution in [-0.4, -0.2) is 124 Å². The molecule has 0 rings (SSSR count). The minimum atomic E-state index is -1.20. The summed E-state index contributed by atoms with van der Waals surface area (Å²) in [5.41, 5.74) is 0. The maximum atomic E-state index is 12.2. The molecule has 0 aromatic rings. The zero-order valence-electron chi connectivity index (χ0n) is 28.5. The molecule has 0 aromatic carbocycles. The van der Waals surface area contributed by atoms with Gasteiger partial charge in [-0.1, -0.05) is 45.4 Å². The quantitative estimate of drug-likeness (QED) is 0.0523. The van der Waals surface area contributed by atoms with E-state index >= 15 is 0 Å². The van der Waals surface area contributed by atoms with Crippen molar-refractivity contribution in [2.24, 2.45) is 0 Å². The molecule has 48 heavy (non-hydrogen) atoms. The highest BCUT2D eigenvalue weighted by molar-refractivity contribution is 5.84. The summed E-state index contributed by atoms with van der Waals surface area (Å²) in [5, 5.41) is 28.5. The second-order valence-electron chi connectivity index (χ2n) is 11.1. The first-order chi connectivity index (χ1) is 23.1. The highest BCUT2D eigenvalue weighted by atomic mass is 16.5. The molecule has 16 nitrogen and oxygen atoms in total. The molecule has 0 saturated heterocycles. The van der Waals surface area contributed by atoms with Crippen LogP contribution in [0.2, 0.25) is 0 Å². The molecule has 0 aliphatic carbocycles. The Kier molecular flexibility index (Phi) is 30.0. The van der Waals surface area contributed by atoms with Crippen molar-refractivity contribution in [3.05, 3.63) is 0 Å². The number of rotatable bonds is 34. The molecular weight excluding hydrogens is 632 g/mol. The molecule has 0 heterocycles. The Morgan fingerprint density at radius 3 is 1.48 bits per heavy atom. The molecular formula is C32H58N4O12. The number of carboxylic acid groups (broad SMARTS) is 2. The lowest BCUT2D eigenvalue weighted by molar-refractivity contribution is -0.142. The predicted octanol–water partition coefficient (Wildman–Crippen LogP) is 1.15. The Morgan fingerprint density at radius 1 is 0.521 bits per heavy atom. The van der Waals surface area contributed by atoms with Gasteiger partial charge in [0.25, 0.3) is 0 Å². The first-order valence-corrected chi connectivity index (χ1v) is 17.0. The number of carbonyl (C=O) groups is 6. The van der Waals surface area contributed by atoms with E-state index in [1.807, 2.05) is 6.92 Å². The van der Waals surface area contributed by atoms with Gasteiger partial charge in [0.2, 0.25) is 23.6 Å². The van der Waals surface area contributed by atoms with Crippen LogP contribution in [0.5, 0.6) is 0 Å². The van der Waals surface area contributed by atoms with Crippen LogP contribution >= 0.6 is 0 Å². The molecule has 0 bridgehead atoms. The van der Waals surface area contributed by atoms with E-state index in [1.165, 1.54) is 0 Å². The first-order valence-electron chi connectivity index (χ1n) is 17.0. The van der Waals surface area contributed by atoms with Gasteiger partial charge >= 0.3 is 11.9 Å². The predicted molar refractivity (Wildman–Crippen MR) is 175 cm³/mol. The summed E-state index contributed by atoms with van der Waals surface area (Å²) in [6.07, 6.45) is 8.25. The van der Waals surface area contributed by atoms with Crippen molar-refractivity contribution in [2.45, 2.75) is 96.4 Å². The number of aliphatic carboxylic acids is 2. The summed E-state index contributed by atoms with van der Waals surface area (Å²) in [6.45, 7) is 4.40. The molecule has 0 saturated carbocycles. The van der Waals surface area contributed by atoms with Crippen molar-refractivity contribution in [3.8, 4) is 0 Å². The average molecular weight is 691 g/mol. The fourth-order valence-corrected chi connectivity index (χ4v) is 4.17. The molecule has 4 amide bonds. The second-order valence-corrected chi connectivity index (χ2v) is 11.1.